The molecule has 1 aliphatic heterocycles. The van der Waals surface area contributed by atoms with Gasteiger partial charge >= 0.3 is 0 Å². The molecule has 0 bridgehead atoms. The number of amides is 1. The highest BCUT2D eigenvalue weighted by molar-refractivity contribution is 5.92. The lowest BCUT2D eigenvalue weighted by atomic mass is 10.2. The molecule has 132 valence electrons. The molecule has 0 radical (unpaired) electrons. The minimum absolute atomic E-state index is 0.0966. The summed E-state index contributed by atoms with van der Waals surface area (Å²) in [5.74, 6) is 1.69. The van der Waals surface area contributed by atoms with Crippen LogP contribution >= 0.6 is 0 Å². The Bertz CT molecular complexity index is 775. The lowest BCUT2D eigenvalue weighted by Crippen LogP contribution is -2.31. The molecule has 1 N–H and O–H groups in total. The molecule has 7 heteroatoms. The van der Waals surface area contributed by atoms with Crippen molar-refractivity contribution >= 4 is 17.5 Å². The third-order valence-electron chi connectivity index (χ3n) is 3.92. The summed E-state index contributed by atoms with van der Waals surface area (Å²) >= 11 is 0. The summed E-state index contributed by atoms with van der Waals surface area (Å²) in [6, 6.07) is 7.25. The molecule has 0 spiro atoms. The summed E-state index contributed by atoms with van der Waals surface area (Å²) < 4.78 is 11.1. The molecule has 1 aliphatic rings. The van der Waals surface area contributed by atoms with E-state index in [4.69, 9.17) is 9.47 Å². The van der Waals surface area contributed by atoms with Gasteiger partial charge in [0.2, 0.25) is 5.95 Å². The van der Waals surface area contributed by atoms with Crippen molar-refractivity contribution in [2.24, 2.45) is 0 Å². The van der Waals surface area contributed by atoms with Crippen molar-refractivity contribution < 1.29 is 14.3 Å². The number of aryl methyl sites for hydroxylation is 1. The number of fused-ring (bicyclic) bond motifs is 1. The van der Waals surface area contributed by atoms with E-state index in [9.17, 15) is 4.79 Å². The molecule has 1 amide bonds. The quantitative estimate of drug-likeness (QED) is 0.900. The fraction of sp³-hybridized carbons (Fsp3) is 0.389. The maximum absolute atomic E-state index is 12.5. The van der Waals surface area contributed by atoms with Gasteiger partial charge in [-0.1, -0.05) is 0 Å². The number of carbonyl (C=O) groups is 1. The zero-order valence-corrected chi connectivity index (χ0v) is 14.7. The molecule has 25 heavy (non-hydrogen) atoms. The van der Waals surface area contributed by atoms with Gasteiger partial charge in [-0.2, -0.15) is 0 Å². The van der Waals surface area contributed by atoms with E-state index in [1.165, 1.54) is 0 Å². The second-order valence-corrected chi connectivity index (χ2v) is 5.68. The van der Waals surface area contributed by atoms with E-state index in [1.54, 1.807) is 11.0 Å². The Labute approximate surface area is 147 Å². The van der Waals surface area contributed by atoms with Gasteiger partial charge in [0.05, 0.1) is 0 Å². The summed E-state index contributed by atoms with van der Waals surface area (Å²) in [4.78, 5) is 23.0. The fourth-order valence-electron chi connectivity index (χ4n) is 2.66. The van der Waals surface area contributed by atoms with E-state index in [0.29, 0.717) is 43.7 Å². The summed E-state index contributed by atoms with van der Waals surface area (Å²) in [5.41, 5.74) is 1.89. The molecule has 1 aromatic heterocycles. The van der Waals surface area contributed by atoms with E-state index >= 15 is 0 Å². The largest absolute Gasteiger partial charge is 0.486 e. The first kappa shape index (κ1) is 17.0. The summed E-state index contributed by atoms with van der Waals surface area (Å²) in [5, 5.41) is 3.14. The van der Waals surface area contributed by atoms with Gasteiger partial charge in [-0.25, -0.2) is 9.97 Å². The molecular formula is C18H22N4O3. The van der Waals surface area contributed by atoms with E-state index in [1.807, 2.05) is 39.0 Å². The van der Waals surface area contributed by atoms with Crippen LogP contribution in [-0.4, -0.2) is 47.1 Å². The number of aromatic nitrogens is 2. The highest BCUT2D eigenvalue weighted by Crippen LogP contribution is 2.33. The van der Waals surface area contributed by atoms with Crippen LogP contribution in [0.4, 0.5) is 11.6 Å². The van der Waals surface area contributed by atoms with Gasteiger partial charge in [0.15, 0.2) is 11.5 Å². The Morgan fingerprint density at radius 1 is 1.12 bits per heavy atom. The minimum Gasteiger partial charge on any atom is -0.486 e. The SMILES string of the molecule is CCN(CC)C(=O)c1cc(C)nc(Nc2ccc3c(c2)OCCO3)n1. The van der Waals surface area contributed by atoms with Crippen LogP contribution in [0.15, 0.2) is 24.3 Å². The molecule has 3 rings (SSSR count). The third-order valence-corrected chi connectivity index (χ3v) is 3.92. The number of ether oxygens (including phenoxy) is 2. The predicted octanol–water partition coefficient (Wildman–Crippen LogP) is 2.78. The Morgan fingerprint density at radius 2 is 1.84 bits per heavy atom. The first-order chi connectivity index (χ1) is 12.1. The van der Waals surface area contributed by atoms with Crippen LogP contribution in [0.1, 0.15) is 30.0 Å². The zero-order chi connectivity index (χ0) is 17.8. The maximum Gasteiger partial charge on any atom is 0.272 e. The normalized spacial score (nSPS) is 12.6. The van der Waals surface area contributed by atoms with Gasteiger partial charge in [-0.3, -0.25) is 4.79 Å². The number of benzene rings is 1. The number of rotatable bonds is 5. The highest BCUT2D eigenvalue weighted by atomic mass is 16.6. The molecule has 0 atom stereocenters. The third kappa shape index (κ3) is 3.81. The lowest BCUT2D eigenvalue weighted by molar-refractivity contribution is 0.0767. The van der Waals surface area contributed by atoms with Crippen molar-refractivity contribution in [2.75, 3.05) is 31.6 Å². The predicted molar refractivity (Wildman–Crippen MR) is 94.7 cm³/mol. The van der Waals surface area contributed by atoms with Gasteiger partial charge in [-0.05, 0) is 39.0 Å². The Balaban J connectivity index is 1.84. The molecule has 2 aromatic rings. The van der Waals surface area contributed by atoms with Crippen LogP contribution in [-0.2, 0) is 0 Å². The van der Waals surface area contributed by atoms with Crippen molar-refractivity contribution in [1.29, 1.82) is 0 Å². The number of hydrogen-bond acceptors (Lipinski definition) is 6. The molecular weight excluding hydrogens is 320 g/mol. The zero-order valence-electron chi connectivity index (χ0n) is 14.7. The molecule has 7 nitrogen and oxygen atoms in total. The van der Waals surface area contributed by atoms with Gasteiger partial charge < -0.3 is 19.7 Å². The molecule has 0 aliphatic carbocycles. The fourth-order valence-corrected chi connectivity index (χ4v) is 2.66. The summed E-state index contributed by atoms with van der Waals surface area (Å²) in [7, 11) is 0. The number of carbonyl (C=O) groups excluding carboxylic acids is 1. The van der Waals surface area contributed by atoms with Crippen LogP contribution in [0.3, 0.4) is 0 Å². The number of anilines is 2. The van der Waals surface area contributed by atoms with Crippen molar-refractivity contribution in [2.45, 2.75) is 20.8 Å². The average molecular weight is 342 g/mol. The maximum atomic E-state index is 12.5. The van der Waals surface area contributed by atoms with Gasteiger partial charge in [0.25, 0.3) is 5.91 Å². The number of nitrogens with one attached hydrogen (secondary N) is 1. The molecule has 0 unspecified atom stereocenters. The second-order valence-electron chi connectivity index (χ2n) is 5.68. The Kier molecular flexibility index (Phi) is 5.02. The smallest absolute Gasteiger partial charge is 0.272 e. The van der Waals surface area contributed by atoms with Crippen molar-refractivity contribution in [3.8, 4) is 11.5 Å². The van der Waals surface area contributed by atoms with Gasteiger partial charge in [0, 0.05) is 30.5 Å². The summed E-state index contributed by atoms with van der Waals surface area (Å²) in [6.07, 6.45) is 0. The van der Waals surface area contributed by atoms with E-state index in [-0.39, 0.29) is 5.91 Å². The number of hydrogen-bond donors (Lipinski definition) is 1. The highest BCUT2D eigenvalue weighted by Gasteiger charge is 2.17. The van der Waals surface area contributed by atoms with Crippen LogP contribution < -0.4 is 14.8 Å². The topological polar surface area (TPSA) is 76.6 Å². The Hall–Kier alpha value is -2.83. The summed E-state index contributed by atoms with van der Waals surface area (Å²) in [6.45, 7) is 8.10. The molecule has 2 heterocycles. The van der Waals surface area contributed by atoms with Crippen molar-refractivity contribution in [3.05, 3.63) is 35.7 Å². The first-order valence-corrected chi connectivity index (χ1v) is 8.42. The molecule has 0 saturated heterocycles. The molecule has 1 aromatic carbocycles. The first-order valence-electron chi connectivity index (χ1n) is 8.42. The van der Waals surface area contributed by atoms with Crippen molar-refractivity contribution in [1.82, 2.24) is 14.9 Å². The monoisotopic (exact) mass is 342 g/mol. The average Bonchev–Trinajstić information content (AvgIpc) is 2.62. The van der Waals surface area contributed by atoms with Gasteiger partial charge in [-0.15, -0.1) is 0 Å². The van der Waals surface area contributed by atoms with Crippen molar-refractivity contribution in [3.63, 3.8) is 0 Å². The lowest BCUT2D eigenvalue weighted by Gasteiger charge is -2.19. The standard InChI is InChI=1S/C18H22N4O3/c1-4-22(5-2)17(23)14-10-12(3)19-18(21-14)20-13-6-7-15-16(11-13)25-9-8-24-15/h6-7,10-11H,4-5,8-9H2,1-3H3,(H,19,20,21). The van der Waals surface area contributed by atoms with E-state index < -0.39 is 0 Å². The van der Waals surface area contributed by atoms with Crippen LogP contribution in [0, 0.1) is 6.92 Å². The second kappa shape index (κ2) is 7.38. The van der Waals surface area contributed by atoms with Crippen LogP contribution in [0.25, 0.3) is 0 Å². The van der Waals surface area contributed by atoms with Gasteiger partial charge in [0.1, 0.15) is 18.9 Å². The molecule has 0 fully saturated rings. The van der Waals surface area contributed by atoms with E-state index in [0.717, 1.165) is 17.1 Å². The molecule has 0 saturated carbocycles. The van der Waals surface area contributed by atoms with Crippen LogP contribution in [0.2, 0.25) is 0 Å². The number of nitrogens with zero attached hydrogens (tertiary/aromatic N) is 3. The Morgan fingerprint density at radius 3 is 2.56 bits per heavy atom. The van der Waals surface area contributed by atoms with Crippen LogP contribution in [0.5, 0.6) is 11.5 Å². The van der Waals surface area contributed by atoms with E-state index in [2.05, 4.69) is 15.3 Å². The minimum atomic E-state index is -0.0966.